The summed E-state index contributed by atoms with van der Waals surface area (Å²) in [5, 5.41) is 0.702. The number of pyridine rings is 1. The smallest absolute Gasteiger partial charge is 0.417 e. The SMILES string of the molecule is COC(=O)[C@H]1CN(CCSc2ccccc2C(F)(F)F)CCN1CCCc1c(F)cnc2ccc(OC)cc12. The van der Waals surface area contributed by atoms with E-state index in [1.807, 2.05) is 4.90 Å². The lowest BCUT2D eigenvalue weighted by Gasteiger charge is -2.40. The van der Waals surface area contributed by atoms with Crippen LogP contribution in [0.4, 0.5) is 17.6 Å². The number of carbonyl (C=O) groups is 1. The lowest BCUT2D eigenvalue weighted by Crippen LogP contribution is -2.57. The van der Waals surface area contributed by atoms with Gasteiger partial charge in [-0.3, -0.25) is 19.6 Å². The molecule has 1 aliphatic heterocycles. The number of ether oxygens (including phenoxy) is 2. The normalized spacial score (nSPS) is 16.9. The Morgan fingerprint density at radius 3 is 2.67 bits per heavy atom. The van der Waals surface area contributed by atoms with Crippen LogP contribution < -0.4 is 4.74 Å². The van der Waals surface area contributed by atoms with E-state index in [4.69, 9.17) is 9.47 Å². The van der Waals surface area contributed by atoms with Crippen LogP contribution in [0.25, 0.3) is 10.9 Å². The zero-order chi connectivity index (χ0) is 28.0. The summed E-state index contributed by atoms with van der Waals surface area (Å²) in [6, 6.07) is 10.4. The number of aryl methyl sites for hydroxylation is 1. The molecular weight excluding hydrogens is 534 g/mol. The third kappa shape index (κ3) is 7.20. The van der Waals surface area contributed by atoms with Crippen LogP contribution in [0.1, 0.15) is 17.5 Å². The molecular formula is C28H31F4N3O3S. The van der Waals surface area contributed by atoms with Gasteiger partial charge in [-0.05, 0) is 55.3 Å². The van der Waals surface area contributed by atoms with Crippen molar-refractivity contribution < 1.29 is 31.8 Å². The predicted octanol–water partition coefficient (Wildman–Crippen LogP) is 5.29. The number of hydrogen-bond donors (Lipinski definition) is 0. The van der Waals surface area contributed by atoms with E-state index in [1.54, 1.807) is 31.4 Å². The Kier molecular flexibility index (Phi) is 9.68. The summed E-state index contributed by atoms with van der Waals surface area (Å²) in [4.78, 5) is 21.1. The van der Waals surface area contributed by atoms with Crippen LogP contribution in [0, 0.1) is 5.82 Å². The number of hydrogen-bond acceptors (Lipinski definition) is 7. The number of carbonyl (C=O) groups excluding carboxylic acids is 1. The second kappa shape index (κ2) is 13.0. The van der Waals surface area contributed by atoms with E-state index in [1.165, 1.54) is 25.4 Å². The molecule has 0 unspecified atom stereocenters. The largest absolute Gasteiger partial charge is 0.497 e. The van der Waals surface area contributed by atoms with Gasteiger partial charge in [-0.1, -0.05) is 12.1 Å². The van der Waals surface area contributed by atoms with E-state index in [2.05, 4.69) is 9.88 Å². The van der Waals surface area contributed by atoms with E-state index in [-0.39, 0.29) is 16.7 Å². The number of esters is 1. The molecule has 11 heteroatoms. The Morgan fingerprint density at radius 1 is 1.13 bits per heavy atom. The molecule has 0 N–H and O–H groups in total. The molecule has 39 heavy (non-hydrogen) atoms. The zero-order valence-electron chi connectivity index (χ0n) is 21.8. The number of piperazine rings is 1. The Bertz CT molecular complexity index is 1290. The third-order valence-corrected chi connectivity index (χ3v) is 7.97. The van der Waals surface area contributed by atoms with Crippen LogP contribution >= 0.6 is 11.8 Å². The fourth-order valence-electron chi connectivity index (χ4n) is 4.86. The molecule has 1 aliphatic rings. The molecule has 3 aromatic rings. The second-order valence-electron chi connectivity index (χ2n) is 9.29. The average Bonchev–Trinajstić information content (AvgIpc) is 2.93. The Morgan fingerprint density at radius 2 is 1.92 bits per heavy atom. The highest BCUT2D eigenvalue weighted by Crippen LogP contribution is 2.36. The van der Waals surface area contributed by atoms with Gasteiger partial charge in [-0.25, -0.2) is 4.39 Å². The molecule has 4 rings (SSSR count). The van der Waals surface area contributed by atoms with Gasteiger partial charge in [0.15, 0.2) is 0 Å². The summed E-state index contributed by atoms with van der Waals surface area (Å²) >= 11 is 1.16. The summed E-state index contributed by atoms with van der Waals surface area (Å²) in [5.41, 5.74) is 0.608. The Labute approximate surface area is 229 Å². The molecule has 6 nitrogen and oxygen atoms in total. The Hall–Kier alpha value is -2.89. The maximum Gasteiger partial charge on any atom is 0.417 e. The van der Waals surface area contributed by atoms with Gasteiger partial charge in [0.2, 0.25) is 0 Å². The fourth-order valence-corrected chi connectivity index (χ4v) is 5.94. The van der Waals surface area contributed by atoms with E-state index in [9.17, 15) is 22.4 Å². The van der Waals surface area contributed by atoms with Gasteiger partial charge in [-0.2, -0.15) is 13.2 Å². The van der Waals surface area contributed by atoms with Crippen molar-refractivity contribution in [3.05, 3.63) is 65.6 Å². The summed E-state index contributed by atoms with van der Waals surface area (Å²) in [6.45, 7) is 2.77. The van der Waals surface area contributed by atoms with E-state index >= 15 is 0 Å². The van der Waals surface area contributed by atoms with E-state index in [0.717, 1.165) is 17.8 Å². The van der Waals surface area contributed by atoms with Gasteiger partial charge in [0, 0.05) is 42.2 Å². The van der Waals surface area contributed by atoms with Crippen LogP contribution in [0.5, 0.6) is 5.75 Å². The van der Waals surface area contributed by atoms with Crippen molar-refractivity contribution in [1.82, 2.24) is 14.8 Å². The number of aromatic nitrogens is 1. The number of fused-ring (bicyclic) bond motifs is 1. The first-order valence-electron chi connectivity index (χ1n) is 12.7. The molecule has 1 atom stereocenters. The van der Waals surface area contributed by atoms with Gasteiger partial charge >= 0.3 is 12.1 Å². The first-order chi connectivity index (χ1) is 18.7. The van der Waals surface area contributed by atoms with Gasteiger partial charge < -0.3 is 9.47 Å². The molecule has 210 valence electrons. The minimum atomic E-state index is -4.40. The molecule has 0 radical (unpaired) electrons. The van der Waals surface area contributed by atoms with Gasteiger partial charge in [-0.15, -0.1) is 11.8 Å². The fraction of sp³-hybridized carbons (Fsp3) is 0.429. The molecule has 1 fully saturated rings. The molecule has 0 amide bonds. The predicted molar refractivity (Wildman–Crippen MR) is 143 cm³/mol. The van der Waals surface area contributed by atoms with Crippen LogP contribution in [0.15, 0.2) is 53.6 Å². The minimum Gasteiger partial charge on any atom is -0.497 e. The molecule has 0 aliphatic carbocycles. The number of methoxy groups -OCH3 is 2. The first-order valence-corrected chi connectivity index (χ1v) is 13.6. The molecule has 0 bridgehead atoms. The molecule has 1 saturated heterocycles. The van der Waals surface area contributed by atoms with E-state index in [0.29, 0.717) is 73.5 Å². The van der Waals surface area contributed by atoms with Crippen molar-refractivity contribution in [3.8, 4) is 5.75 Å². The van der Waals surface area contributed by atoms with Crippen molar-refractivity contribution >= 4 is 28.6 Å². The van der Waals surface area contributed by atoms with Crippen molar-refractivity contribution in [1.29, 1.82) is 0 Å². The van der Waals surface area contributed by atoms with Crippen molar-refractivity contribution in [2.24, 2.45) is 0 Å². The lowest BCUT2D eigenvalue weighted by atomic mass is 10.0. The number of nitrogens with zero attached hydrogens (tertiary/aromatic N) is 3. The monoisotopic (exact) mass is 565 g/mol. The zero-order valence-corrected chi connectivity index (χ0v) is 22.7. The third-order valence-electron chi connectivity index (χ3n) is 6.91. The van der Waals surface area contributed by atoms with Crippen molar-refractivity contribution in [3.63, 3.8) is 0 Å². The molecule has 2 aromatic carbocycles. The van der Waals surface area contributed by atoms with Gasteiger partial charge in [0.25, 0.3) is 0 Å². The van der Waals surface area contributed by atoms with Crippen molar-refractivity contribution in [2.75, 3.05) is 52.7 Å². The highest BCUT2D eigenvalue weighted by atomic mass is 32.2. The number of benzene rings is 2. The molecule has 0 spiro atoms. The number of rotatable bonds is 10. The van der Waals surface area contributed by atoms with Gasteiger partial charge in [0.05, 0.1) is 31.5 Å². The van der Waals surface area contributed by atoms with E-state index < -0.39 is 17.8 Å². The number of thioether (sulfide) groups is 1. The van der Waals surface area contributed by atoms with Crippen molar-refractivity contribution in [2.45, 2.75) is 30.0 Å². The highest BCUT2D eigenvalue weighted by molar-refractivity contribution is 7.99. The van der Waals surface area contributed by atoms with Gasteiger partial charge in [0.1, 0.15) is 17.6 Å². The second-order valence-corrected chi connectivity index (χ2v) is 10.4. The molecule has 0 saturated carbocycles. The minimum absolute atomic E-state index is 0.196. The molecule has 1 aromatic heterocycles. The van der Waals surface area contributed by atoms with Crippen LogP contribution in [0.2, 0.25) is 0 Å². The van der Waals surface area contributed by atoms with Crippen LogP contribution in [-0.2, 0) is 22.1 Å². The number of alkyl halides is 3. The highest BCUT2D eigenvalue weighted by Gasteiger charge is 2.34. The number of halogens is 4. The maximum absolute atomic E-state index is 14.7. The summed E-state index contributed by atoms with van der Waals surface area (Å²) in [6.07, 6.45) is -2.10. The van der Waals surface area contributed by atoms with Crippen LogP contribution in [-0.4, -0.2) is 79.5 Å². The first kappa shape index (κ1) is 29.1. The topological polar surface area (TPSA) is 54.9 Å². The summed E-state index contributed by atoms with van der Waals surface area (Å²) < 4.78 is 64.9. The summed E-state index contributed by atoms with van der Waals surface area (Å²) in [5.74, 6) is 0.339. The quantitative estimate of drug-likeness (QED) is 0.188. The molecule has 2 heterocycles. The standard InChI is InChI=1S/C28H31F4N3O3S/c1-37-19-9-10-24-21(16-19)20(23(29)17-33-24)6-5-11-35-13-12-34(18-25(35)27(36)38-2)14-15-39-26-8-4-3-7-22(26)28(30,31)32/h3-4,7-10,16-17,25H,5-6,11-15,18H2,1-2H3/t25-/m1/s1. The Balaban J connectivity index is 1.35. The lowest BCUT2D eigenvalue weighted by molar-refractivity contribution is -0.149. The average molecular weight is 566 g/mol. The summed E-state index contributed by atoms with van der Waals surface area (Å²) in [7, 11) is 2.90. The maximum atomic E-state index is 14.7. The van der Waals surface area contributed by atoms with Crippen LogP contribution in [0.3, 0.4) is 0 Å².